The van der Waals surface area contributed by atoms with Gasteiger partial charge in [0, 0.05) is 16.8 Å². The number of anilines is 1. The fraction of sp³-hybridized carbons (Fsp3) is 0.0417. The Labute approximate surface area is 167 Å². The van der Waals surface area contributed by atoms with Crippen molar-refractivity contribution in [3.8, 4) is 18.0 Å². The van der Waals surface area contributed by atoms with Crippen molar-refractivity contribution in [2.75, 3.05) is 5.32 Å². The summed E-state index contributed by atoms with van der Waals surface area (Å²) in [4.78, 5) is 29.9. The van der Waals surface area contributed by atoms with Gasteiger partial charge in [-0.25, -0.2) is 4.98 Å². The lowest BCUT2D eigenvalue weighted by atomic mass is 10.1. The fourth-order valence-corrected chi connectivity index (χ4v) is 3.20. The lowest BCUT2D eigenvalue weighted by molar-refractivity contribution is 0.102. The first-order chi connectivity index (χ1) is 14.1. The molecule has 0 aliphatic rings. The molecule has 0 aliphatic heterocycles. The third-order valence-electron chi connectivity index (χ3n) is 4.62. The van der Waals surface area contributed by atoms with Crippen molar-refractivity contribution in [2.24, 2.45) is 0 Å². The van der Waals surface area contributed by atoms with Crippen molar-refractivity contribution < 1.29 is 4.79 Å². The van der Waals surface area contributed by atoms with Gasteiger partial charge in [-0.3, -0.25) is 14.2 Å². The number of fused-ring (bicyclic) bond motifs is 1. The first-order valence-electron chi connectivity index (χ1n) is 9.04. The number of aryl methyl sites for hydroxylation is 1. The van der Waals surface area contributed by atoms with Crippen LogP contribution in [0.25, 0.3) is 16.6 Å². The van der Waals surface area contributed by atoms with E-state index in [1.165, 1.54) is 0 Å². The van der Waals surface area contributed by atoms with Gasteiger partial charge in [-0.2, -0.15) is 0 Å². The monoisotopic (exact) mass is 379 g/mol. The zero-order chi connectivity index (χ0) is 20.4. The van der Waals surface area contributed by atoms with E-state index in [-0.39, 0.29) is 11.5 Å². The van der Waals surface area contributed by atoms with Gasteiger partial charge in [-0.1, -0.05) is 24.1 Å². The minimum absolute atomic E-state index is 0.142. The summed E-state index contributed by atoms with van der Waals surface area (Å²) in [7, 11) is 0. The Bertz CT molecular complexity index is 1330. The number of carbonyl (C=O) groups is 1. The third-order valence-corrected chi connectivity index (χ3v) is 4.62. The number of rotatable bonds is 3. The molecule has 1 N–H and O–H groups in total. The van der Waals surface area contributed by atoms with Crippen molar-refractivity contribution in [1.82, 2.24) is 9.55 Å². The van der Waals surface area contributed by atoms with Crippen LogP contribution in [0.5, 0.6) is 0 Å². The van der Waals surface area contributed by atoms with Gasteiger partial charge in [0.25, 0.3) is 11.5 Å². The first-order valence-corrected chi connectivity index (χ1v) is 9.04. The van der Waals surface area contributed by atoms with Crippen LogP contribution in [-0.2, 0) is 0 Å². The SMILES string of the molecule is C#Cc1cccc(NC(=O)c2ccc(-n3c(C)nc4ccccc4c3=O)cc2)c1. The van der Waals surface area contributed by atoms with Gasteiger partial charge in [0.1, 0.15) is 5.82 Å². The van der Waals surface area contributed by atoms with E-state index in [2.05, 4.69) is 16.2 Å². The number of nitrogens with one attached hydrogen (secondary N) is 1. The van der Waals surface area contributed by atoms with Crippen molar-refractivity contribution in [3.05, 3.63) is 100 Å². The molecule has 0 bridgehead atoms. The summed E-state index contributed by atoms with van der Waals surface area (Å²) >= 11 is 0. The van der Waals surface area contributed by atoms with E-state index in [4.69, 9.17) is 6.42 Å². The zero-order valence-electron chi connectivity index (χ0n) is 15.7. The molecule has 0 atom stereocenters. The highest BCUT2D eigenvalue weighted by molar-refractivity contribution is 6.04. The number of terminal acetylenes is 1. The van der Waals surface area contributed by atoms with Crippen LogP contribution in [-0.4, -0.2) is 15.5 Å². The Kier molecular flexibility index (Phi) is 4.68. The van der Waals surface area contributed by atoms with Gasteiger partial charge in [0.05, 0.1) is 16.6 Å². The summed E-state index contributed by atoms with van der Waals surface area (Å²) in [6.07, 6.45) is 5.40. The first kappa shape index (κ1) is 18.2. The van der Waals surface area contributed by atoms with Crippen LogP contribution in [0, 0.1) is 19.3 Å². The molecule has 0 spiro atoms. The molecule has 0 saturated heterocycles. The predicted octanol–water partition coefficient (Wildman–Crippen LogP) is 3.93. The van der Waals surface area contributed by atoms with E-state index in [9.17, 15) is 9.59 Å². The predicted molar refractivity (Wildman–Crippen MR) is 114 cm³/mol. The summed E-state index contributed by atoms with van der Waals surface area (Å²) in [5.74, 6) is 2.86. The molecule has 5 nitrogen and oxygen atoms in total. The Hall–Kier alpha value is -4.17. The number of amides is 1. The number of benzene rings is 3. The van der Waals surface area contributed by atoms with Gasteiger partial charge in [0.2, 0.25) is 0 Å². The number of carbonyl (C=O) groups excluding carboxylic acids is 1. The van der Waals surface area contributed by atoms with Crippen LogP contribution in [0.4, 0.5) is 5.69 Å². The molecule has 1 amide bonds. The second-order valence-electron chi connectivity index (χ2n) is 6.54. The van der Waals surface area contributed by atoms with Gasteiger partial charge in [-0.15, -0.1) is 6.42 Å². The van der Waals surface area contributed by atoms with Crippen LogP contribution >= 0.6 is 0 Å². The molecular weight excluding hydrogens is 362 g/mol. The molecule has 0 unspecified atom stereocenters. The Morgan fingerprint density at radius 2 is 1.79 bits per heavy atom. The van der Waals surface area contributed by atoms with E-state index < -0.39 is 0 Å². The normalized spacial score (nSPS) is 10.5. The average molecular weight is 379 g/mol. The van der Waals surface area contributed by atoms with Crippen LogP contribution in [0.15, 0.2) is 77.6 Å². The van der Waals surface area contributed by atoms with Crippen LogP contribution in [0.1, 0.15) is 21.7 Å². The minimum atomic E-state index is -0.258. The maximum atomic E-state index is 12.9. The number of para-hydroxylation sites is 1. The number of hydrogen-bond acceptors (Lipinski definition) is 3. The molecule has 1 heterocycles. The molecule has 0 aliphatic carbocycles. The number of aromatic nitrogens is 2. The van der Waals surface area contributed by atoms with Crippen LogP contribution in [0.3, 0.4) is 0 Å². The van der Waals surface area contributed by atoms with Gasteiger partial charge in [-0.05, 0) is 61.5 Å². The largest absolute Gasteiger partial charge is 0.322 e. The second kappa shape index (κ2) is 7.45. The molecule has 3 aromatic carbocycles. The molecule has 4 rings (SSSR count). The molecule has 29 heavy (non-hydrogen) atoms. The topological polar surface area (TPSA) is 64.0 Å². The number of nitrogens with zero attached hydrogens (tertiary/aromatic N) is 2. The highest BCUT2D eigenvalue weighted by Crippen LogP contribution is 2.15. The molecular formula is C24H17N3O2. The number of hydrogen-bond donors (Lipinski definition) is 1. The molecule has 0 fully saturated rings. The van der Waals surface area contributed by atoms with Crippen molar-refractivity contribution >= 4 is 22.5 Å². The Morgan fingerprint density at radius 1 is 1.03 bits per heavy atom. The van der Waals surface area contributed by atoms with Crippen molar-refractivity contribution in [2.45, 2.75) is 6.92 Å². The van der Waals surface area contributed by atoms with E-state index in [1.54, 1.807) is 66.1 Å². The molecule has 0 radical (unpaired) electrons. The maximum absolute atomic E-state index is 12.9. The highest BCUT2D eigenvalue weighted by atomic mass is 16.1. The molecule has 1 aromatic heterocycles. The minimum Gasteiger partial charge on any atom is -0.322 e. The Balaban J connectivity index is 1.65. The van der Waals surface area contributed by atoms with Gasteiger partial charge >= 0.3 is 0 Å². The third kappa shape index (κ3) is 3.52. The summed E-state index contributed by atoms with van der Waals surface area (Å²) in [5.41, 5.74) is 2.96. The molecule has 5 heteroatoms. The van der Waals surface area contributed by atoms with Crippen molar-refractivity contribution in [1.29, 1.82) is 0 Å². The van der Waals surface area contributed by atoms with E-state index in [1.807, 2.05) is 18.2 Å². The summed E-state index contributed by atoms with van der Waals surface area (Å²) in [5, 5.41) is 3.37. The highest BCUT2D eigenvalue weighted by Gasteiger charge is 2.11. The maximum Gasteiger partial charge on any atom is 0.265 e. The molecule has 4 aromatic rings. The fourth-order valence-electron chi connectivity index (χ4n) is 3.20. The van der Waals surface area contributed by atoms with E-state index in [0.717, 1.165) is 0 Å². The summed E-state index contributed by atoms with van der Waals surface area (Å²) in [6, 6.07) is 21.1. The van der Waals surface area contributed by atoms with E-state index in [0.29, 0.717) is 39.2 Å². The average Bonchev–Trinajstić information content (AvgIpc) is 2.74. The standard InChI is InChI=1S/C24H17N3O2/c1-3-17-7-6-8-19(15-17)26-23(28)18-11-13-20(14-12-18)27-16(2)25-22-10-5-4-9-21(22)24(27)29/h1,4-15H,2H3,(H,26,28). The van der Waals surface area contributed by atoms with Gasteiger partial charge < -0.3 is 5.32 Å². The lowest BCUT2D eigenvalue weighted by Gasteiger charge is -2.11. The van der Waals surface area contributed by atoms with Gasteiger partial charge in [0.15, 0.2) is 0 Å². The zero-order valence-corrected chi connectivity index (χ0v) is 15.7. The molecule has 140 valence electrons. The lowest BCUT2D eigenvalue weighted by Crippen LogP contribution is -2.22. The summed E-state index contributed by atoms with van der Waals surface area (Å²) in [6.45, 7) is 1.78. The van der Waals surface area contributed by atoms with Crippen LogP contribution < -0.4 is 10.9 Å². The quantitative estimate of drug-likeness (QED) is 0.549. The second-order valence-corrected chi connectivity index (χ2v) is 6.54. The summed E-state index contributed by atoms with van der Waals surface area (Å²) < 4.78 is 1.54. The smallest absolute Gasteiger partial charge is 0.265 e. The molecule has 0 saturated carbocycles. The van der Waals surface area contributed by atoms with E-state index >= 15 is 0 Å². The van der Waals surface area contributed by atoms with Crippen molar-refractivity contribution in [3.63, 3.8) is 0 Å². The Morgan fingerprint density at radius 3 is 2.55 bits per heavy atom. The van der Waals surface area contributed by atoms with Crippen LogP contribution in [0.2, 0.25) is 0 Å².